The van der Waals surface area contributed by atoms with Crippen LogP contribution in [0.4, 0.5) is 13.2 Å². The van der Waals surface area contributed by atoms with Gasteiger partial charge in [-0.1, -0.05) is 63.1 Å². The summed E-state index contributed by atoms with van der Waals surface area (Å²) in [5.74, 6) is 0. The molecule has 0 aliphatic carbocycles. The van der Waals surface area contributed by atoms with Crippen molar-refractivity contribution in [3.8, 4) is 0 Å². The molecule has 2 nitrogen and oxygen atoms in total. The van der Waals surface area contributed by atoms with Gasteiger partial charge in [0.1, 0.15) is 0 Å². The molecule has 0 spiro atoms. The smallest absolute Gasteiger partial charge is 0.380 e. The lowest BCUT2D eigenvalue weighted by Crippen LogP contribution is -2.51. The van der Waals surface area contributed by atoms with Crippen molar-refractivity contribution >= 4 is 10.9 Å². The van der Waals surface area contributed by atoms with Gasteiger partial charge in [-0.05, 0) is 66.5 Å². The fourth-order valence-electron chi connectivity index (χ4n) is 4.88. The second kappa shape index (κ2) is 8.86. The van der Waals surface area contributed by atoms with Crippen LogP contribution in [-0.2, 0) is 18.3 Å². The van der Waals surface area contributed by atoms with Crippen LogP contribution in [0.1, 0.15) is 61.4 Å². The highest BCUT2D eigenvalue weighted by Gasteiger charge is 2.56. The quantitative estimate of drug-likeness (QED) is 0.426. The van der Waals surface area contributed by atoms with Gasteiger partial charge in [-0.3, -0.25) is 4.98 Å². The Kier molecular flexibility index (Phi) is 6.71. The Morgan fingerprint density at radius 3 is 2.31 bits per heavy atom. The number of halogens is 3. The molecule has 0 radical (unpaired) electrons. The third-order valence-electron chi connectivity index (χ3n) is 6.39. The van der Waals surface area contributed by atoms with E-state index >= 15 is 0 Å². The number of aromatic nitrogens is 1. The first-order valence-corrected chi connectivity index (χ1v) is 11.1. The summed E-state index contributed by atoms with van der Waals surface area (Å²) < 4.78 is 43.1. The van der Waals surface area contributed by atoms with Crippen LogP contribution in [0.2, 0.25) is 0 Å². The molecule has 1 atom stereocenters. The highest BCUT2D eigenvalue weighted by Crippen LogP contribution is 2.44. The topological polar surface area (TPSA) is 33.1 Å². The van der Waals surface area contributed by atoms with E-state index in [2.05, 4.69) is 18.0 Å². The molecule has 1 heterocycles. The summed E-state index contributed by atoms with van der Waals surface area (Å²) >= 11 is 0. The van der Waals surface area contributed by atoms with Crippen LogP contribution >= 0.6 is 0 Å². The number of aryl methyl sites for hydroxylation is 2. The van der Waals surface area contributed by atoms with Crippen molar-refractivity contribution in [3.05, 3.63) is 76.5 Å². The highest BCUT2D eigenvalue weighted by atomic mass is 19.4. The first kappa shape index (κ1) is 24.2. The maximum Gasteiger partial charge on any atom is 0.417 e. The van der Waals surface area contributed by atoms with Crippen LogP contribution < -0.4 is 0 Å². The van der Waals surface area contributed by atoms with Crippen LogP contribution in [0.5, 0.6) is 0 Å². The predicted molar refractivity (Wildman–Crippen MR) is 124 cm³/mol. The largest absolute Gasteiger partial charge is 0.417 e. The number of nitrogens with zero attached hydrogens (tertiary/aromatic N) is 1. The summed E-state index contributed by atoms with van der Waals surface area (Å²) in [7, 11) is 0. The number of fused-ring (bicyclic) bond motifs is 1. The average Bonchev–Trinajstić information content (AvgIpc) is 2.69. The van der Waals surface area contributed by atoms with E-state index in [1.54, 1.807) is 44.2 Å². The molecule has 2 aromatic carbocycles. The summed E-state index contributed by atoms with van der Waals surface area (Å²) in [6.07, 6.45) is -2.39. The Balaban J connectivity index is 2.05. The van der Waals surface area contributed by atoms with E-state index in [-0.39, 0.29) is 0 Å². The third-order valence-corrected chi connectivity index (χ3v) is 6.39. The molecule has 1 N–H and O–H groups in total. The third kappa shape index (κ3) is 4.83. The predicted octanol–water partition coefficient (Wildman–Crippen LogP) is 7.01. The van der Waals surface area contributed by atoms with E-state index in [1.165, 1.54) is 6.20 Å². The zero-order valence-corrected chi connectivity index (χ0v) is 19.5. The zero-order valence-electron chi connectivity index (χ0n) is 19.5. The van der Waals surface area contributed by atoms with E-state index in [0.29, 0.717) is 16.5 Å². The molecule has 1 unspecified atom stereocenters. The molecule has 5 heteroatoms. The molecule has 0 saturated carbocycles. The molecule has 172 valence electrons. The monoisotopic (exact) mass is 443 g/mol. The second-order valence-electron chi connectivity index (χ2n) is 9.60. The molecule has 3 aromatic rings. The highest BCUT2D eigenvalue weighted by molar-refractivity contribution is 5.81. The number of rotatable bonds is 7. The Morgan fingerprint density at radius 2 is 1.66 bits per heavy atom. The number of pyridine rings is 1. The Bertz CT molecular complexity index is 1100. The van der Waals surface area contributed by atoms with Crippen molar-refractivity contribution < 1.29 is 18.3 Å². The number of benzene rings is 2. The maximum absolute atomic E-state index is 14.4. The van der Waals surface area contributed by atoms with Crippen molar-refractivity contribution in [1.29, 1.82) is 0 Å². The molecule has 0 saturated heterocycles. The number of para-hydroxylation sites is 1. The van der Waals surface area contributed by atoms with Crippen molar-refractivity contribution in [2.45, 2.75) is 77.5 Å². The summed E-state index contributed by atoms with van der Waals surface area (Å²) in [5, 5.41) is 11.8. The molecular weight excluding hydrogens is 411 g/mol. The second-order valence-corrected chi connectivity index (χ2v) is 9.60. The molecule has 0 amide bonds. The summed E-state index contributed by atoms with van der Waals surface area (Å²) in [5.41, 5.74) is 1.37. The SMILES string of the molecule is CCCc1cc(C)cc(C(C)(C)CC(O)(Cc2ccnc3ccccc23)C(F)(F)F)c1C. The Labute approximate surface area is 188 Å². The van der Waals surface area contributed by atoms with Gasteiger partial charge in [0.15, 0.2) is 5.60 Å². The number of aliphatic hydroxyl groups is 1. The van der Waals surface area contributed by atoms with Gasteiger partial charge in [-0.2, -0.15) is 13.2 Å². The number of hydrogen-bond acceptors (Lipinski definition) is 2. The van der Waals surface area contributed by atoms with Gasteiger partial charge >= 0.3 is 6.18 Å². The average molecular weight is 444 g/mol. The van der Waals surface area contributed by atoms with Gasteiger partial charge in [0.05, 0.1) is 5.52 Å². The van der Waals surface area contributed by atoms with Gasteiger partial charge in [-0.25, -0.2) is 0 Å². The lowest BCUT2D eigenvalue weighted by atomic mass is 9.70. The fourth-order valence-corrected chi connectivity index (χ4v) is 4.88. The van der Waals surface area contributed by atoms with Gasteiger partial charge in [0.2, 0.25) is 0 Å². The molecule has 0 fully saturated rings. The molecule has 3 rings (SSSR count). The molecule has 0 aliphatic heterocycles. The van der Waals surface area contributed by atoms with Crippen LogP contribution in [0.15, 0.2) is 48.7 Å². The van der Waals surface area contributed by atoms with E-state index in [0.717, 1.165) is 35.1 Å². The van der Waals surface area contributed by atoms with Crippen LogP contribution in [-0.4, -0.2) is 21.9 Å². The van der Waals surface area contributed by atoms with Gasteiger partial charge in [0, 0.05) is 18.0 Å². The fraction of sp³-hybridized carbons (Fsp3) is 0.444. The van der Waals surface area contributed by atoms with Crippen LogP contribution in [0.25, 0.3) is 10.9 Å². The minimum atomic E-state index is -4.78. The summed E-state index contributed by atoms with van der Waals surface area (Å²) in [6, 6.07) is 12.7. The first-order valence-electron chi connectivity index (χ1n) is 11.1. The summed E-state index contributed by atoms with van der Waals surface area (Å²) in [4.78, 5) is 4.24. The van der Waals surface area contributed by atoms with Gasteiger partial charge in [0.25, 0.3) is 0 Å². The normalized spacial score (nSPS) is 14.5. The Morgan fingerprint density at radius 1 is 0.969 bits per heavy atom. The molecule has 0 bridgehead atoms. The van der Waals surface area contributed by atoms with E-state index in [9.17, 15) is 18.3 Å². The number of alkyl halides is 3. The molecular formula is C27H32F3NO. The molecule has 0 aliphatic rings. The minimum absolute atomic E-state index is 0.435. The standard InChI is InChI=1S/C27H32F3NO/c1-6-9-20-14-18(2)15-23(19(20)3)25(4,5)17-26(32,27(28,29)30)16-21-12-13-31-24-11-8-7-10-22(21)24/h7-8,10-15,32H,6,9,16-17H2,1-5H3. The molecule has 1 aromatic heterocycles. The maximum atomic E-state index is 14.4. The minimum Gasteiger partial charge on any atom is -0.380 e. The lowest BCUT2D eigenvalue weighted by molar-refractivity contribution is -0.266. The first-order chi connectivity index (χ1) is 14.9. The Hall–Kier alpha value is -2.40. The van der Waals surface area contributed by atoms with Crippen molar-refractivity contribution in [2.24, 2.45) is 0 Å². The van der Waals surface area contributed by atoms with E-state index in [4.69, 9.17) is 0 Å². The summed E-state index contributed by atoms with van der Waals surface area (Å²) in [6.45, 7) is 9.63. The van der Waals surface area contributed by atoms with Gasteiger partial charge in [-0.15, -0.1) is 0 Å². The van der Waals surface area contributed by atoms with Gasteiger partial charge < -0.3 is 5.11 Å². The van der Waals surface area contributed by atoms with Crippen molar-refractivity contribution in [3.63, 3.8) is 0 Å². The van der Waals surface area contributed by atoms with Crippen LogP contribution in [0.3, 0.4) is 0 Å². The van der Waals surface area contributed by atoms with Crippen LogP contribution in [0, 0.1) is 13.8 Å². The van der Waals surface area contributed by atoms with E-state index in [1.807, 2.05) is 19.9 Å². The number of hydrogen-bond donors (Lipinski definition) is 1. The van der Waals surface area contributed by atoms with Crippen molar-refractivity contribution in [2.75, 3.05) is 0 Å². The zero-order chi connectivity index (χ0) is 23.7. The van der Waals surface area contributed by atoms with Crippen molar-refractivity contribution in [1.82, 2.24) is 4.98 Å². The lowest BCUT2D eigenvalue weighted by Gasteiger charge is -2.39. The van der Waals surface area contributed by atoms with E-state index < -0.39 is 30.0 Å². The molecule has 32 heavy (non-hydrogen) atoms.